The largest absolute Gasteiger partial charge is 0.378 e. The van der Waals surface area contributed by atoms with Crippen molar-refractivity contribution in [3.63, 3.8) is 0 Å². The zero-order valence-electron chi connectivity index (χ0n) is 10.6. The van der Waals surface area contributed by atoms with Gasteiger partial charge in [-0.3, -0.25) is 4.79 Å². The number of carbonyl (C=O) groups is 1. The molecule has 4 nitrogen and oxygen atoms in total. The van der Waals surface area contributed by atoms with E-state index < -0.39 is 0 Å². The monoisotopic (exact) mass is 228 g/mol. The van der Waals surface area contributed by atoms with Crippen molar-refractivity contribution in [2.24, 2.45) is 11.7 Å². The number of ether oxygens (including phenoxy) is 1. The second-order valence-electron chi connectivity index (χ2n) is 5.11. The van der Waals surface area contributed by atoms with E-state index in [1.54, 1.807) is 0 Å². The van der Waals surface area contributed by atoms with Gasteiger partial charge in [0.05, 0.1) is 18.2 Å². The number of hydrogen-bond donors (Lipinski definition) is 2. The Kier molecular flexibility index (Phi) is 4.74. The average Bonchev–Trinajstić information content (AvgIpc) is 3.00. The fourth-order valence-electron chi connectivity index (χ4n) is 1.81. The summed E-state index contributed by atoms with van der Waals surface area (Å²) in [6, 6.07) is 0. The van der Waals surface area contributed by atoms with E-state index in [-0.39, 0.29) is 17.6 Å². The minimum absolute atomic E-state index is 0.0421. The molecule has 16 heavy (non-hydrogen) atoms. The summed E-state index contributed by atoms with van der Waals surface area (Å²) in [5.74, 6) is 0.605. The van der Waals surface area contributed by atoms with Crippen LogP contribution in [0.25, 0.3) is 0 Å². The van der Waals surface area contributed by atoms with Crippen LogP contribution in [0.2, 0.25) is 0 Å². The maximum absolute atomic E-state index is 11.7. The van der Waals surface area contributed by atoms with Crippen molar-refractivity contribution in [1.29, 1.82) is 0 Å². The smallest absolute Gasteiger partial charge is 0.222 e. The first-order chi connectivity index (χ1) is 7.48. The molecule has 4 heteroatoms. The van der Waals surface area contributed by atoms with E-state index in [4.69, 9.17) is 10.5 Å². The molecule has 1 rings (SSSR count). The van der Waals surface area contributed by atoms with Crippen molar-refractivity contribution in [3.8, 4) is 0 Å². The molecule has 1 saturated carbocycles. The molecule has 1 amide bonds. The first-order valence-corrected chi connectivity index (χ1v) is 6.10. The Hall–Kier alpha value is -0.610. The van der Waals surface area contributed by atoms with Crippen molar-refractivity contribution in [2.75, 3.05) is 13.2 Å². The topological polar surface area (TPSA) is 64.3 Å². The molecule has 3 N–H and O–H groups in total. The standard InChI is InChI=1S/C12H24N2O2/c1-9(2)16-7-6-11(15)14-12(3,8-13)10-4-5-10/h9-10H,4-8,13H2,1-3H3,(H,14,15). The highest BCUT2D eigenvalue weighted by Crippen LogP contribution is 2.38. The molecule has 0 aliphatic heterocycles. The first-order valence-electron chi connectivity index (χ1n) is 6.10. The Balaban J connectivity index is 2.26. The van der Waals surface area contributed by atoms with Crippen LogP contribution >= 0.6 is 0 Å². The zero-order valence-corrected chi connectivity index (χ0v) is 10.6. The van der Waals surface area contributed by atoms with E-state index >= 15 is 0 Å². The number of hydrogen-bond acceptors (Lipinski definition) is 3. The van der Waals surface area contributed by atoms with Crippen molar-refractivity contribution in [1.82, 2.24) is 5.32 Å². The SMILES string of the molecule is CC(C)OCCC(=O)NC(C)(CN)C1CC1. The third-order valence-corrected chi connectivity index (χ3v) is 3.11. The summed E-state index contributed by atoms with van der Waals surface area (Å²) >= 11 is 0. The summed E-state index contributed by atoms with van der Waals surface area (Å²) in [5.41, 5.74) is 5.51. The Morgan fingerprint density at radius 1 is 1.56 bits per heavy atom. The lowest BCUT2D eigenvalue weighted by molar-refractivity contribution is -0.124. The van der Waals surface area contributed by atoms with Gasteiger partial charge in [-0.05, 0) is 39.5 Å². The molecular formula is C12H24N2O2. The predicted octanol–water partition coefficient (Wildman–Crippen LogP) is 1.05. The third kappa shape index (κ3) is 4.10. The van der Waals surface area contributed by atoms with Crippen LogP contribution in [0.1, 0.15) is 40.0 Å². The van der Waals surface area contributed by atoms with Gasteiger partial charge in [0.1, 0.15) is 0 Å². The number of amides is 1. The lowest BCUT2D eigenvalue weighted by Gasteiger charge is -2.29. The average molecular weight is 228 g/mol. The summed E-state index contributed by atoms with van der Waals surface area (Å²) in [4.78, 5) is 11.7. The van der Waals surface area contributed by atoms with Gasteiger partial charge in [0.2, 0.25) is 5.91 Å². The van der Waals surface area contributed by atoms with Crippen LogP contribution < -0.4 is 11.1 Å². The van der Waals surface area contributed by atoms with Gasteiger partial charge in [0, 0.05) is 13.0 Å². The molecule has 0 saturated heterocycles. The molecule has 0 aromatic rings. The van der Waals surface area contributed by atoms with E-state index in [2.05, 4.69) is 5.32 Å². The first kappa shape index (κ1) is 13.5. The molecule has 1 fully saturated rings. The maximum Gasteiger partial charge on any atom is 0.222 e. The molecular weight excluding hydrogens is 204 g/mol. The molecule has 1 unspecified atom stereocenters. The molecule has 1 atom stereocenters. The minimum Gasteiger partial charge on any atom is -0.378 e. The highest BCUT2D eigenvalue weighted by atomic mass is 16.5. The van der Waals surface area contributed by atoms with E-state index in [9.17, 15) is 4.79 Å². The Bertz CT molecular complexity index is 239. The fourth-order valence-corrected chi connectivity index (χ4v) is 1.81. The highest BCUT2D eigenvalue weighted by Gasteiger charge is 2.41. The number of nitrogens with one attached hydrogen (secondary N) is 1. The van der Waals surface area contributed by atoms with E-state index in [1.165, 1.54) is 12.8 Å². The molecule has 0 heterocycles. The van der Waals surface area contributed by atoms with Crippen molar-refractivity contribution < 1.29 is 9.53 Å². The molecule has 0 bridgehead atoms. The van der Waals surface area contributed by atoms with Gasteiger partial charge < -0.3 is 15.8 Å². The van der Waals surface area contributed by atoms with Gasteiger partial charge in [0.25, 0.3) is 0 Å². The molecule has 0 aromatic carbocycles. The van der Waals surface area contributed by atoms with Gasteiger partial charge >= 0.3 is 0 Å². The minimum atomic E-state index is -0.213. The summed E-state index contributed by atoms with van der Waals surface area (Å²) in [6.45, 7) is 6.95. The van der Waals surface area contributed by atoms with Crippen LogP contribution in [0.4, 0.5) is 0 Å². The molecule has 0 spiro atoms. The lowest BCUT2D eigenvalue weighted by atomic mass is 9.96. The van der Waals surface area contributed by atoms with E-state index in [0.29, 0.717) is 25.5 Å². The number of nitrogens with two attached hydrogens (primary N) is 1. The van der Waals surface area contributed by atoms with Gasteiger partial charge in [-0.25, -0.2) is 0 Å². The number of carbonyl (C=O) groups excluding carboxylic acids is 1. The molecule has 0 radical (unpaired) electrons. The van der Waals surface area contributed by atoms with Crippen LogP contribution in [0.15, 0.2) is 0 Å². The normalized spacial score (nSPS) is 19.6. The molecule has 1 aliphatic carbocycles. The Labute approximate surface area is 97.9 Å². The van der Waals surface area contributed by atoms with Gasteiger partial charge in [-0.1, -0.05) is 0 Å². The van der Waals surface area contributed by atoms with Crippen LogP contribution in [0, 0.1) is 5.92 Å². The number of rotatable bonds is 7. The van der Waals surface area contributed by atoms with E-state index in [0.717, 1.165) is 0 Å². The second-order valence-corrected chi connectivity index (χ2v) is 5.11. The Morgan fingerprint density at radius 3 is 2.62 bits per heavy atom. The maximum atomic E-state index is 11.7. The summed E-state index contributed by atoms with van der Waals surface area (Å²) in [7, 11) is 0. The van der Waals surface area contributed by atoms with Gasteiger partial charge in [-0.15, -0.1) is 0 Å². The van der Waals surface area contributed by atoms with Crippen molar-refractivity contribution in [3.05, 3.63) is 0 Å². The molecule has 1 aliphatic rings. The quantitative estimate of drug-likeness (QED) is 0.684. The lowest BCUT2D eigenvalue weighted by Crippen LogP contribution is -2.53. The van der Waals surface area contributed by atoms with Crippen LogP contribution in [0.3, 0.4) is 0 Å². The second kappa shape index (κ2) is 5.64. The highest BCUT2D eigenvalue weighted by molar-refractivity contribution is 5.77. The summed E-state index contributed by atoms with van der Waals surface area (Å²) in [5, 5.41) is 3.03. The predicted molar refractivity (Wildman–Crippen MR) is 64.0 cm³/mol. The van der Waals surface area contributed by atoms with Crippen LogP contribution in [-0.2, 0) is 9.53 Å². The molecule has 94 valence electrons. The fraction of sp³-hybridized carbons (Fsp3) is 0.917. The third-order valence-electron chi connectivity index (χ3n) is 3.11. The van der Waals surface area contributed by atoms with Gasteiger partial charge in [0.15, 0.2) is 0 Å². The summed E-state index contributed by atoms with van der Waals surface area (Å²) in [6.07, 6.45) is 2.95. The van der Waals surface area contributed by atoms with Crippen LogP contribution in [-0.4, -0.2) is 30.7 Å². The van der Waals surface area contributed by atoms with E-state index in [1.807, 2.05) is 20.8 Å². The van der Waals surface area contributed by atoms with Crippen molar-refractivity contribution in [2.45, 2.75) is 51.7 Å². The summed E-state index contributed by atoms with van der Waals surface area (Å²) < 4.78 is 5.34. The van der Waals surface area contributed by atoms with Crippen LogP contribution in [0.5, 0.6) is 0 Å². The van der Waals surface area contributed by atoms with Gasteiger partial charge in [-0.2, -0.15) is 0 Å². The Morgan fingerprint density at radius 2 is 2.19 bits per heavy atom. The molecule has 0 aromatic heterocycles. The zero-order chi connectivity index (χ0) is 12.2. The van der Waals surface area contributed by atoms with Crippen molar-refractivity contribution >= 4 is 5.91 Å².